The predicted octanol–water partition coefficient (Wildman–Crippen LogP) is 2.30. The smallest absolute Gasteiger partial charge is 0.411 e. The Morgan fingerprint density at radius 1 is 1.60 bits per heavy atom. The summed E-state index contributed by atoms with van der Waals surface area (Å²) in [6.45, 7) is 1.70. The molecule has 0 atom stereocenters. The summed E-state index contributed by atoms with van der Waals surface area (Å²) >= 11 is 3.36. The van der Waals surface area contributed by atoms with Crippen LogP contribution in [0.25, 0.3) is 0 Å². The van der Waals surface area contributed by atoms with Gasteiger partial charge in [-0.1, -0.05) is 22.0 Å². The van der Waals surface area contributed by atoms with Crippen molar-refractivity contribution >= 4 is 27.7 Å². The first-order valence-corrected chi connectivity index (χ1v) is 5.24. The summed E-state index contributed by atoms with van der Waals surface area (Å²) in [5, 5.41) is 11.1. The SMILES string of the molecule is Cc1c(Br)cccc1NC(=O)OCCO. The first-order valence-electron chi connectivity index (χ1n) is 4.45. The van der Waals surface area contributed by atoms with Gasteiger partial charge >= 0.3 is 6.09 Å². The number of anilines is 1. The molecule has 1 rings (SSSR count). The highest BCUT2D eigenvalue weighted by molar-refractivity contribution is 9.10. The van der Waals surface area contributed by atoms with Crippen LogP contribution in [0.4, 0.5) is 10.5 Å². The minimum absolute atomic E-state index is 0.00111. The molecule has 0 radical (unpaired) electrons. The number of aliphatic hydroxyl groups is 1. The molecule has 0 aliphatic carbocycles. The zero-order valence-electron chi connectivity index (χ0n) is 8.29. The number of halogens is 1. The summed E-state index contributed by atoms with van der Waals surface area (Å²) in [4.78, 5) is 11.2. The average Bonchev–Trinajstić information content (AvgIpc) is 2.22. The molecule has 0 heterocycles. The average molecular weight is 274 g/mol. The molecule has 0 saturated heterocycles. The van der Waals surface area contributed by atoms with Crippen molar-refractivity contribution in [3.8, 4) is 0 Å². The van der Waals surface area contributed by atoms with Crippen molar-refractivity contribution < 1.29 is 14.6 Å². The number of hydrogen-bond donors (Lipinski definition) is 2. The molecule has 0 fully saturated rings. The lowest BCUT2D eigenvalue weighted by Crippen LogP contribution is -2.16. The summed E-state index contributed by atoms with van der Waals surface area (Å²) < 4.78 is 5.59. The molecule has 0 bridgehead atoms. The van der Waals surface area contributed by atoms with Crippen molar-refractivity contribution in [1.82, 2.24) is 0 Å². The fourth-order valence-electron chi connectivity index (χ4n) is 1.03. The largest absolute Gasteiger partial charge is 0.447 e. The summed E-state index contributed by atoms with van der Waals surface area (Å²) in [7, 11) is 0. The second-order valence-corrected chi connectivity index (χ2v) is 3.75. The Hall–Kier alpha value is -1.07. The Morgan fingerprint density at radius 3 is 3.00 bits per heavy atom. The van der Waals surface area contributed by atoms with Gasteiger partial charge in [-0.05, 0) is 24.6 Å². The Balaban J connectivity index is 2.64. The van der Waals surface area contributed by atoms with Crippen molar-refractivity contribution in [2.24, 2.45) is 0 Å². The highest BCUT2D eigenvalue weighted by atomic mass is 79.9. The fraction of sp³-hybridized carbons (Fsp3) is 0.300. The molecule has 1 amide bonds. The molecule has 2 N–H and O–H groups in total. The molecule has 0 spiro atoms. The topological polar surface area (TPSA) is 58.6 Å². The van der Waals surface area contributed by atoms with E-state index in [1.54, 1.807) is 6.07 Å². The fourth-order valence-corrected chi connectivity index (χ4v) is 1.39. The van der Waals surface area contributed by atoms with E-state index in [-0.39, 0.29) is 13.2 Å². The maximum absolute atomic E-state index is 11.2. The van der Waals surface area contributed by atoms with Crippen molar-refractivity contribution in [3.63, 3.8) is 0 Å². The van der Waals surface area contributed by atoms with E-state index < -0.39 is 6.09 Å². The lowest BCUT2D eigenvalue weighted by molar-refractivity contribution is 0.131. The molecular formula is C10H12BrNO3. The highest BCUT2D eigenvalue weighted by Gasteiger charge is 2.06. The van der Waals surface area contributed by atoms with Crippen molar-refractivity contribution in [3.05, 3.63) is 28.2 Å². The molecule has 0 aliphatic heterocycles. The van der Waals surface area contributed by atoms with Crippen LogP contribution in [0.15, 0.2) is 22.7 Å². The molecule has 15 heavy (non-hydrogen) atoms. The van der Waals surface area contributed by atoms with E-state index in [2.05, 4.69) is 26.0 Å². The van der Waals surface area contributed by atoms with Crippen LogP contribution in [0, 0.1) is 6.92 Å². The molecule has 4 nitrogen and oxygen atoms in total. The van der Waals surface area contributed by atoms with E-state index >= 15 is 0 Å². The van der Waals surface area contributed by atoms with Gasteiger partial charge in [-0.3, -0.25) is 5.32 Å². The van der Waals surface area contributed by atoms with Gasteiger partial charge < -0.3 is 9.84 Å². The highest BCUT2D eigenvalue weighted by Crippen LogP contribution is 2.23. The summed E-state index contributed by atoms with van der Waals surface area (Å²) in [6, 6.07) is 5.48. The number of aliphatic hydroxyl groups excluding tert-OH is 1. The number of ether oxygens (including phenoxy) is 1. The van der Waals surface area contributed by atoms with Crippen LogP contribution in [0.3, 0.4) is 0 Å². The molecule has 1 aromatic rings. The van der Waals surface area contributed by atoms with E-state index in [4.69, 9.17) is 5.11 Å². The van der Waals surface area contributed by atoms with Crippen LogP contribution in [0.2, 0.25) is 0 Å². The number of carbonyl (C=O) groups excluding carboxylic acids is 1. The quantitative estimate of drug-likeness (QED) is 0.889. The molecule has 0 unspecified atom stereocenters. The van der Waals surface area contributed by atoms with Crippen LogP contribution >= 0.6 is 15.9 Å². The van der Waals surface area contributed by atoms with Gasteiger partial charge in [-0.2, -0.15) is 0 Å². The van der Waals surface area contributed by atoms with E-state index in [1.807, 2.05) is 19.1 Å². The van der Waals surface area contributed by atoms with E-state index in [0.717, 1.165) is 10.0 Å². The maximum atomic E-state index is 11.2. The van der Waals surface area contributed by atoms with Crippen LogP contribution in [-0.2, 0) is 4.74 Å². The van der Waals surface area contributed by atoms with E-state index in [1.165, 1.54) is 0 Å². The zero-order chi connectivity index (χ0) is 11.3. The van der Waals surface area contributed by atoms with Crippen LogP contribution in [0.5, 0.6) is 0 Å². The van der Waals surface area contributed by atoms with Gasteiger partial charge in [-0.25, -0.2) is 4.79 Å². The van der Waals surface area contributed by atoms with Gasteiger partial charge in [0.1, 0.15) is 6.61 Å². The molecule has 5 heteroatoms. The van der Waals surface area contributed by atoms with Crippen molar-refractivity contribution in [2.45, 2.75) is 6.92 Å². The van der Waals surface area contributed by atoms with Gasteiger partial charge in [0.15, 0.2) is 0 Å². The molecular weight excluding hydrogens is 262 g/mol. The standard InChI is InChI=1S/C10H12BrNO3/c1-7-8(11)3-2-4-9(7)12-10(14)15-6-5-13/h2-4,13H,5-6H2,1H3,(H,12,14). The van der Waals surface area contributed by atoms with E-state index in [9.17, 15) is 4.79 Å². The number of carbonyl (C=O) groups is 1. The third-order valence-electron chi connectivity index (χ3n) is 1.83. The summed E-state index contributed by atoms with van der Waals surface area (Å²) in [6.07, 6.45) is -0.565. The number of benzene rings is 1. The van der Waals surface area contributed by atoms with Gasteiger partial charge in [-0.15, -0.1) is 0 Å². The predicted molar refractivity (Wildman–Crippen MR) is 60.9 cm³/mol. The van der Waals surface area contributed by atoms with E-state index in [0.29, 0.717) is 5.69 Å². The molecule has 0 saturated carbocycles. The second kappa shape index (κ2) is 5.72. The number of amides is 1. The molecule has 0 aromatic heterocycles. The Bertz CT molecular complexity index is 355. The number of hydrogen-bond acceptors (Lipinski definition) is 3. The van der Waals surface area contributed by atoms with Crippen LogP contribution in [-0.4, -0.2) is 24.4 Å². The van der Waals surface area contributed by atoms with Crippen LogP contribution < -0.4 is 5.32 Å². The van der Waals surface area contributed by atoms with Gasteiger partial charge in [0.2, 0.25) is 0 Å². The van der Waals surface area contributed by atoms with Crippen molar-refractivity contribution in [2.75, 3.05) is 18.5 Å². The lowest BCUT2D eigenvalue weighted by Gasteiger charge is -2.09. The normalized spacial score (nSPS) is 9.80. The van der Waals surface area contributed by atoms with Crippen molar-refractivity contribution in [1.29, 1.82) is 0 Å². The van der Waals surface area contributed by atoms with Crippen LogP contribution in [0.1, 0.15) is 5.56 Å². The van der Waals surface area contributed by atoms with Gasteiger partial charge in [0.25, 0.3) is 0 Å². The zero-order valence-corrected chi connectivity index (χ0v) is 9.87. The molecule has 1 aromatic carbocycles. The third-order valence-corrected chi connectivity index (χ3v) is 2.69. The third kappa shape index (κ3) is 3.53. The Morgan fingerprint density at radius 2 is 2.33 bits per heavy atom. The summed E-state index contributed by atoms with van der Waals surface area (Å²) in [5.41, 5.74) is 1.62. The first-order chi connectivity index (χ1) is 7.15. The van der Waals surface area contributed by atoms with Gasteiger partial charge in [0.05, 0.1) is 6.61 Å². The monoisotopic (exact) mass is 273 g/mol. The Kier molecular flexibility index (Phi) is 4.58. The first kappa shape index (κ1) is 12.0. The Labute approximate surface area is 96.4 Å². The maximum Gasteiger partial charge on any atom is 0.411 e. The lowest BCUT2D eigenvalue weighted by atomic mass is 10.2. The molecule has 82 valence electrons. The second-order valence-electron chi connectivity index (χ2n) is 2.90. The minimum Gasteiger partial charge on any atom is -0.447 e. The number of rotatable bonds is 3. The summed E-state index contributed by atoms with van der Waals surface area (Å²) in [5.74, 6) is 0. The van der Waals surface area contributed by atoms with Gasteiger partial charge in [0, 0.05) is 10.2 Å². The minimum atomic E-state index is -0.565. The number of nitrogens with one attached hydrogen (secondary N) is 1. The molecule has 0 aliphatic rings.